The molecular weight excluding hydrogens is 829 g/mol. The smallest absolute Gasteiger partial charge is 0.0726 e. The molecule has 0 bridgehead atoms. The maximum Gasteiger partial charge on any atom is 0.0726 e. The van der Waals surface area contributed by atoms with Crippen molar-refractivity contribution in [2.75, 3.05) is 4.90 Å². The van der Waals surface area contributed by atoms with E-state index >= 15 is 0 Å². The summed E-state index contributed by atoms with van der Waals surface area (Å²) < 4.78 is 5.11. The summed E-state index contributed by atoms with van der Waals surface area (Å²) in [6.45, 7) is 4.78. The fourth-order valence-electron chi connectivity index (χ4n) is 12.8. The lowest BCUT2D eigenvalue weighted by molar-refractivity contribution is 0.660. The monoisotopic (exact) mass is 870 g/mol. The lowest BCUT2D eigenvalue weighted by atomic mass is 9.70. The summed E-state index contributed by atoms with van der Waals surface area (Å²) in [7, 11) is 0. The van der Waals surface area contributed by atoms with Gasteiger partial charge >= 0.3 is 0 Å². The molecule has 0 amide bonds. The molecule has 10 aromatic carbocycles. The standard InChI is InChI=1S/C64H42N2S/c1-63(2)50-24-11-6-19-42(50)45-33-31-41(38-55(45)63)65(57-29-16-28-54-60(57)48-23-9-14-27-53(48)64(54)51-25-12-7-20-43(51)44-21-8-13-26-52(44)64)40-32-35-56-49(37-40)61-58(66(56)39-17-4-3-5-18-39)36-34-47-46-22-10-15-30-59(46)67-62(47)61/h3-38H,1-2H3. The molecule has 0 atom stereocenters. The molecule has 2 nitrogen and oxygen atoms in total. The van der Waals surface area contributed by atoms with E-state index in [9.17, 15) is 0 Å². The zero-order valence-electron chi connectivity index (χ0n) is 37.1. The number of hydrogen-bond acceptors (Lipinski definition) is 2. The summed E-state index contributed by atoms with van der Waals surface area (Å²) in [5.41, 5.74) is 22.4. The molecule has 0 radical (unpaired) electrons. The summed E-state index contributed by atoms with van der Waals surface area (Å²) in [6.07, 6.45) is 0. The third-order valence-electron chi connectivity index (χ3n) is 15.6. The predicted octanol–water partition coefficient (Wildman–Crippen LogP) is 17.3. The number of thiophene rings is 1. The molecule has 2 heterocycles. The van der Waals surface area contributed by atoms with E-state index in [1.54, 1.807) is 0 Å². The second-order valence-electron chi connectivity index (χ2n) is 19.1. The first kappa shape index (κ1) is 37.3. The Morgan fingerprint density at radius 3 is 1.73 bits per heavy atom. The van der Waals surface area contributed by atoms with E-state index in [1.165, 1.54) is 114 Å². The Morgan fingerprint density at radius 2 is 0.970 bits per heavy atom. The number of rotatable bonds is 4. The number of benzene rings is 10. The maximum absolute atomic E-state index is 2.58. The zero-order valence-corrected chi connectivity index (χ0v) is 37.9. The van der Waals surface area contributed by atoms with E-state index in [0.29, 0.717) is 0 Å². The Balaban J connectivity index is 1.05. The van der Waals surface area contributed by atoms with Crippen molar-refractivity contribution in [3.05, 3.63) is 252 Å². The van der Waals surface area contributed by atoms with Crippen molar-refractivity contribution in [3.63, 3.8) is 0 Å². The summed E-state index contributed by atoms with van der Waals surface area (Å²) in [5.74, 6) is 0. The molecule has 0 aliphatic heterocycles. The molecule has 314 valence electrons. The van der Waals surface area contributed by atoms with Crippen LogP contribution in [0, 0.1) is 0 Å². The molecule has 0 N–H and O–H groups in total. The van der Waals surface area contributed by atoms with Gasteiger partial charge in [-0.3, -0.25) is 0 Å². The van der Waals surface area contributed by atoms with Gasteiger partial charge in [-0.2, -0.15) is 0 Å². The molecule has 3 aliphatic carbocycles. The summed E-state index contributed by atoms with van der Waals surface area (Å²) >= 11 is 1.91. The molecule has 12 aromatic rings. The molecule has 0 saturated carbocycles. The molecule has 2 aromatic heterocycles. The predicted molar refractivity (Wildman–Crippen MR) is 282 cm³/mol. The molecule has 3 aliphatic rings. The van der Waals surface area contributed by atoms with Crippen LogP contribution in [0.2, 0.25) is 0 Å². The van der Waals surface area contributed by atoms with Gasteiger partial charge in [0.1, 0.15) is 0 Å². The van der Waals surface area contributed by atoms with Crippen LogP contribution in [0.25, 0.3) is 81.0 Å². The molecule has 15 rings (SSSR count). The largest absolute Gasteiger partial charge is 0.310 e. The number of nitrogens with zero attached hydrogens (tertiary/aromatic N) is 2. The number of para-hydroxylation sites is 1. The van der Waals surface area contributed by atoms with E-state index in [1.807, 2.05) is 11.3 Å². The number of fused-ring (bicyclic) bond motifs is 20. The maximum atomic E-state index is 2.58. The van der Waals surface area contributed by atoms with Gasteiger partial charge in [-0.25, -0.2) is 0 Å². The van der Waals surface area contributed by atoms with Crippen LogP contribution in [0.1, 0.15) is 47.2 Å². The van der Waals surface area contributed by atoms with Crippen molar-refractivity contribution in [2.45, 2.75) is 24.7 Å². The average Bonchev–Trinajstić information content (AvgIpc) is 4.14. The van der Waals surface area contributed by atoms with Gasteiger partial charge in [0, 0.05) is 59.0 Å². The topological polar surface area (TPSA) is 8.17 Å². The minimum absolute atomic E-state index is 0.167. The Morgan fingerprint density at radius 1 is 0.403 bits per heavy atom. The van der Waals surface area contributed by atoms with Gasteiger partial charge in [0.15, 0.2) is 0 Å². The molecule has 1 spiro atoms. The van der Waals surface area contributed by atoms with Crippen molar-refractivity contribution in [1.82, 2.24) is 4.57 Å². The highest BCUT2D eigenvalue weighted by Gasteiger charge is 2.52. The number of anilines is 3. The van der Waals surface area contributed by atoms with Gasteiger partial charge in [0.25, 0.3) is 0 Å². The van der Waals surface area contributed by atoms with Gasteiger partial charge in [0.2, 0.25) is 0 Å². The van der Waals surface area contributed by atoms with Crippen LogP contribution in [-0.2, 0) is 10.8 Å². The quantitative estimate of drug-likeness (QED) is 0.171. The van der Waals surface area contributed by atoms with Crippen molar-refractivity contribution in [1.29, 1.82) is 0 Å². The Labute approximate surface area is 393 Å². The number of aromatic nitrogens is 1. The first-order valence-corrected chi connectivity index (χ1v) is 24.2. The lowest BCUT2D eigenvalue weighted by Gasteiger charge is -2.32. The van der Waals surface area contributed by atoms with Crippen molar-refractivity contribution < 1.29 is 0 Å². The summed E-state index contributed by atoms with van der Waals surface area (Å²) in [5, 5.41) is 5.16. The highest BCUT2D eigenvalue weighted by Crippen LogP contribution is 2.65. The first-order chi connectivity index (χ1) is 33.0. The van der Waals surface area contributed by atoms with Crippen molar-refractivity contribution in [3.8, 4) is 39.1 Å². The Bertz CT molecular complexity index is 4040. The molecule has 3 heteroatoms. The minimum Gasteiger partial charge on any atom is -0.310 e. The normalized spacial score (nSPS) is 14.4. The first-order valence-electron chi connectivity index (χ1n) is 23.4. The molecule has 0 fully saturated rings. The van der Waals surface area contributed by atoms with Gasteiger partial charge in [-0.05, 0) is 122 Å². The lowest BCUT2D eigenvalue weighted by Crippen LogP contribution is -2.26. The van der Waals surface area contributed by atoms with E-state index in [4.69, 9.17) is 0 Å². The summed E-state index contributed by atoms with van der Waals surface area (Å²) in [6, 6.07) is 82.4. The van der Waals surface area contributed by atoms with Crippen LogP contribution < -0.4 is 4.90 Å². The van der Waals surface area contributed by atoms with Crippen LogP contribution >= 0.6 is 11.3 Å². The van der Waals surface area contributed by atoms with Crippen molar-refractivity contribution in [2.24, 2.45) is 0 Å². The molecular formula is C64H42N2S. The molecule has 67 heavy (non-hydrogen) atoms. The Hall–Kier alpha value is -7.98. The highest BCUT2D eigenvalue weighted by molar-refractivity contribution is 7.26. The van der Waals surface area contributed by atoms with Crippen LogP contribution in [0.5, 0.6) is 0 Å². The van der Waals surface area contributed by atoms with Gasteiger partial charge in [-0.1, -0.05) is 172 Å². The second-order valence-corrected chi connectivity index (χ2v) is 20.2. The van der Waals surface area contributed by atoms with Crippen LogP contribution in [-0.4, -0.2) is 4.57 Å². The SMILES string of the molecule is CC1(C)c2ccccc2-c2ccc(N(c3ccc4c(c3)c3c5sc6ccccc6c5ccc3n4-c3ccccc3)c3cccc4c3-c3ccccc3C43c4ccccc4-c4ccccc43)cc21. The van der Waals surface area contributed by atoms with Crippen molar-refractivity contribution >= 4 is 70.4 Å². The highest BCUT2D eigenvalue weighted by atomic mass is 32.1. The molecule has 0 saturated heterocycles. The van der Waals surface area contributed by atoms with Crippen LogP contribution in [0.4, 0.5) is 17.1 Å². The summed E-state index contributed by atoms with van der Waals surface area (Å²) in [4.78, 5) is 2.58. The van der Waals surface area contributed by atoms with E-state index in [0.717, 1.165) is 17.1 Å². The van der Waals surface area contributed by atoms with E-state index in [-0.39, 0.29) is 5.41 Å². The van der Waals surface area contributed by atoms with Crippen LogP contribution in [0.15, 0.2) is 218 Å². The average molecular weight is 871 g/mol. The zero-order chi connectivity index (χ0) is 44.2. The third-order valence-corrected chi connectivity index (χ3v) is 16.8. The fraction of sp³-hybridized carbons (Fsp3) is 0.0625. The van der Waals surface area contributed by atoms with Gasteiger partial charge in [0.05, 0.1) is 22.1 Å². The van der Waals surface area contributed by atoms with Gasteiger partial charge in [-0.15, -0.1) is 11.3 Å². The van der Waals surface area contributed by atoms with Crippen LogP contribution in [0.3, 0.4) is 0 Å². The second kappa shape index (κ2) is 13.3. The Kier molecular flexibility index (Phi) is 7.41. The molecule has 0 unspecified atom stereocenters. The van der Waals surface area contributed by atoms with E-state index < -0.39 is 5.41 Å². The van der Waals surface area contributed by atoms with Gasteiger partial charge < -0.3 is 9.47 Å². The number of hydrogen-bond donors (Lipinski definition) is 0. The fourth-order valence-corrected chi connectivity index (χ4v) is 14.1. The van der Waals surface area contributed by atoms with E-state index in [2.05, 4.69) is 242 Å². The third kappa shape index (κ3) is 4.74. The minimum atomic E-state index is -0.456.